The van der Waals surface area contributed by atoms with Crippen molar-refractivity contribution in [2.75, 3.05) is 0 Å². The number of rotatable bonds is 2. The van der Waals surface area contributed by atoms with Gasteiger partial charge in [-0.15, -0.1) is 24.8 Å². The van der Waals surface area contributed by atoms with Gasteiger partial charge in [0.25, 0.3) is 0 Å². The SMILES string of the molecule is Cl.Cl.NCc1cnc(-c2ccccc2)[nH]1. The van der Waals surface area contributed by atoms with Crippen LogP contribution in [0.15, 0.2) is 36.5 Å². The fourth-order valence-electron chi connectivity index (χ4n) is 1.21. The van der Waals surface area contributed by atoms with Crippen LogP contribution < -0.4 is 5.73 Å². The Balaban J connectivity index is 0.000000980. The molecular weight excluding hydrogens is 233 g/mol. The molecule has 1 aromatic carbocycles. The van der Waals surface area contributed by atoms with Gasteiger partial charge in [0.2, 0.25) is 0 Å². The normalized spacial score (nSPS) is 8.87. The Hall–Kier alpha value is -1.03. The highest BCUT2D eigenvalue weighted by atomic mass is 35.5. The lowest BCUT2D eigenvalue weighted by atomic mass is 10.2. The Morgan fingerprint density at radius 1 is 1.13 bits per heavy atom. The van der Waals surface area contributed by atoms with Crippen molar-refractivity contribution in [1.29, 1.82) is 0 Å². The molecule has 2 rings (SSSR count). The van der Waals surface area contributed by atoms with Crippen molar-refractivity contribution in [3.8, 4) is 11.4 Å². The molecule has 0 aliphatic carbocycles. The third kappa shape index (κ3) is 3.23. The van der Waals surface area contributed by atoms with Crippen LogP contribution in [0.4, 0.5) is 0 Å². The van der Waals surface area contributed by atoms with E-state index in [1.165, 1.54) is 0 Å². The lowest BCUT2D eigenvalue weighted by Crippen LogP contribution is -1.95. The minimum absolute atomic E-state index is 0. The molecule has 3 N–H and O–H groups in total. The van der Waals surface area contributed by atoms with Gasteiger partial charge in [0, 0.05) is 24.0 Å². The smallest absolute Gasteiger partial charge is 0.137 e. The summed E-state index contributed by atoms with van der Waals surface area (Å²) >= 11 is 0. The molecule has 0 amide bonds. The van der Waals surface area contributed by atoms with E-state index < -0.39 is 0 Å². The molecule has 3 nitrogen and oxygen atoms in total. The fraction of sp³-hybridized carbons (Fsp3) is 0.100. The molecular formula is C10H13Cl2N3. The topological polar surface area (TPSA) is 54.7 Å². The molecule has 1 aromatic heterocycles. The Labute approximate surface area is 101 Å². The van der Waals surface area contributed by atoms with E-state index in [0.29, 0.717) is 6.54 Å². The van der Waals surface area contributed by atoms with E-state index in [2.05, 4.69) is 9.97 Å². The van der Waals surface area contributed by atoms with Crippen LogP contribution in [-0.2, 0) is 6.54 Å². The first-order valence-corrected chi connectivity index (χ1v) is 4.19. The molecule has 0 spiro atoms. The largest absolute Gasteiger partial charge is 0.341 e. The Bertz CT molecular complexity index is 387. The van der Waals surface area contributed by atoms with E-state index in [4.69, 9.17) is 5.73 Å². The standard InChI is InChI=1S/C10H11N3.2ClH/c11-6-9-7-12-10(13-9)8-4-2-1-3-5-8;;/h1-5,7H,6,11H2,(H,12,13);2*1H. The summed E-state index contributed by atoms with van der Waals surface area (Å²) in [5, 5.41) is 0. The number of H-pyrrole nitrogens is 1. The number of imidazole rings is 1. The van der Waals surface area contributed by atoms with Crippen molar-refractivity contribution < 1.29 is 0 Å². The number of nitrogens with two attached hydrogens (primary N) is 1. The predicted octanol–water partition coefficient (Wildman–Crippen LogP) is 2.38. The summed E-state index contributed by atoms with van der Waals surface area (Å²) in [6.07, 6.45) is 1.77. The molecule has 82 valence electrons. The van der Waals surface area contributed by atoms with Crippen LogP contribution in [0.25, 0.3) is 11.4 Å². The zero-order valence-electron chi connectivity index (χ0n) is 8.01. The summed E-state index contributed by atoms with van der Waals surface area (Å²) in [6, 6.07) is 9.98. The van der Waals surface area contributed by atoms with Crippen molar-refractivity contribution in [3.63, 3.8) is 0 Å². The number of benzene rings is 1. The van der Waals surface area contributed by atoms with E-state index in [9.17, 15) is 0 Å². The van der Waals surface area contributed by atoms with Gasteiger partial charge in [0.1, 0.15) is 5.82 Å². The van der Waals surface area contributed by atoms with E-state index in [0.717, 1.165) is 17.1 Å². The molecule has 15 heavy (non-hydrogen) atoms. The molecule has 0 unspecified atom stereocenters. The Morgan fingerprint density at radius 2 is 1.80 bits per heavy atom. The summed E-state index contributed by atoms with van der Waals surface area (Å²) in [6.45, 7) is 0.500. The molecule has 1 heterocycles. The maximum Gasteiger partial charge on any atom is 0.137 e. The van der Waals surface area contributed by atoms with Crippen LogP contribution in [0, 0.1) is 0 Å². The molecule has 0 fully saturated rings. The molecule has 0 saturated carbocycles. The van der Waals surface area contributed by atoms with Crippen molar-refractivity contribution >= 4 is 24.8 Å². The molecule has 0 atom stereocenters. The number of hydrogen-bond donors (Lipinski definition) is 2. The quantitative estimate of drug-likeness (QED) is 0.854. The summed E-state index contributed by atoms with van der Waals surface area (Å²) in [5.74, 6) is 0.876. The van der Waals surface area contributed by atoms with Gasteiger partial charge in [-0.1, -0.05) is 30.3 Å². The van der Waals surface area contributed by atoms with Gasteiger partial charge in [-0.2, -0.15) is 0 Å². The predicted molar refractivity (Wildman–Crippen MR) is 66.4 cm³/mol. The monoisotopic (exact) mass is 245 g/mol. The number of halogens is 2. The second kappa shape index (κ2) is 6.45. The third-order valence-corrected chi connectivity index (χ3v) is 1.90. The van der Waals surface area contributed by atoms with E-state index >= 15 is 0 Å². The van der Waals surface area contributed by atoms with Crippen molar-refractivity contribution in [2.45, 2.75) is 6.54 Å². The van der Waals surface area contributed by atoms with Gasteiger partial charge in [-0.05, 0) is 0 Å². The minimum atomic E-state index is 0. The lowest BCUT2D eigenvalue weighted by molar-refractivity contribution is 1.01. The first-order chi connectivity index (χ1) is 6.40. The van der Waals surface area contributed by atoms with Crippen LogP contribution in [0.3, 0.4) is 0 Å². The van der Waals surface area contributed by atoms with Gasteiger partial charge >= 0.3 is 0 Å². The van der Waals surface area contributed by atoms with Gasteiger partial charge in [0.05, 0.1) is 0 Å². The fourth-order valence-corrected chi connectivity index (χ4v) is 1.21. The highest BCUT2D eigenvalue weighted by Gasteiger charge is 2.00. The van der Waals surface area contributed by atoms with E-state index in [1.54, 1.807) is 6.20 Å². The molecule has 0 saturated heterocycles. The molecule has 0 radical (unpaired) electrons. The van der Waals surface area contributed by atoms with Gasteiger partial charge in [-0.25, -0.2) is 4.98 Å². The third-order valence-electron chi connectivity index (χ3n) is 1.90. The van der Waals surface area contributed by atoms with Crippen LogP contribution in [0.5, 0.6) is 0 Å². The number of aromatic amines is 1. The van der Waals surface area contributed by atoms with Crippen LogP contribution in [-0.4, -0.2) is 9.97 Å². The lowest BCUT2D eigenvalue weighted by Gasteiger charge is -1.94. The first kappa shape index (κ1) is 14.0. The molecule has 0 bridgehead atoms. The van der Waals surface area contributed by atoms with E-state index in [1.807, 2.05) is 30.3 Å². The molecule has 2 aromatic rings. The van der Waals surface area contributed by atoms with Crippen LogP contribution >= 0.6 is 24.8 Å². The van der Waals surface area contributed by atoms with E-state index in [-0.39, 0.29) is 24.8 Å². The summed E-state index contributed by atoms with van der Waals surface area (Å²) in [7, 11) is 0. The average molecular weight is 246 g/mol. The Morgan fingerprint density at radius 3 is 2.33 bits per heavy atom. The second-order valence-electron chi connectivity index (χ2n) is 2.83. The Kier molecular flexibility index (Phi) is 6.01. The zero-order chi connectivity index (χ0) is 9.10. The van der Waals surface area contributed by atoms with Crippen molar-refractivity contribution in [1.82, 2.24) is 9.97 Å². The first-order valence-electron chi connectivity index (χ1n) is 4.19. The summed E-state index contributed by atoms with van der Waals surface area (Å²) in [4.78, 5) is 7.36. The summed E-state index contributed by atoms with van der Waals surface area (Å²) in [5.41, 5.74) is 7.51. The van der Waals surface area contributed by atoms with Gasteiger partial charge in [0.15, 0.2) is 0 Å². The molecule has 0 aliphatic heterocycles. The molecule has 5 heteroatoms. The van der Waals surface area contributed by atoms with Crippen molar-refractivity contribution in [3.05, 3.63) is 42.2 Å². The number of hydrogen-bond acceptors (Lipinski definition) is 2. The van der Waals surface area contributed by atoms with Crippen LogP contribution in [0.1, 0.15) is 5.69 Å². The van der Waals surface area contributed by atoms with Crippen molar-refractivity contribution in [2.24, 2.45) is 5.73 Å². The summed E-state index contributed by atoms with van der Waals surface area (Å²) < 4.78 is 0. The highest BCUT2D eigenvalue weighted by Crippen LogP contribution is 2.13. The second-order valence-corrected chi connectivity index (χ2v) is 2.83. The highest BCUT2D eigenvalue weighted by molar-refractivity contribution is 5.85. The number of aromatic nitrogens is 2. The van der Waals surface area contributed by atoms with Gasteiger partial charge < -0.3 is 10.7 Å². The average Bonchev–Trinajstić information content (AvgIpc) is 2.67. The van der Waals surface area contributed by atoms with Gasteiger partial charge in [-0.3, -0.25) is 0 Å². The number of nitrogens with one attached hydrogen (secondary N) is 1. The maximum absolute atomic E-state index is 5.47. The maximum atomic E-state index is 5.47. The van der Waals surface area contributed by atoms with Crippen LogP contribution in [0.2, 0.25) is 0 Å². The molecule has 0 aliphatic rings. The number of nitrogens with zero attached hydrogens (tertiary/aromatic N) is 1. The minimum Gasteiger partial charge on any atom is -0.341 e. The zero-order valence-corrected chi connectivity index (χ0v) is 9.65.